The molecule has 0 radical (unpaired) electrons. The number of aryl methyl sites for hydroxylation is 1. The maximum Gasteiger partial charge on any atom is 0.254 e. The Morgan fingerprint density at radius 2 is 1.91 bits per heavy atom. The molecule has 0 aromatic heterocycles. The van der Waals surface area contributed by atoms with Crippen molar-refractivity contribution in [2.45, 2.75) is 64.5 Å². The van der Waals surface area contributed by atoms with Crippen LogP contribution in [0.1, 0.15) is 51.5 Å². The van der Waals surface area contributed by atoms with Gasteiger partial charge in [-0.15, -0.1) is 0 Å². The highest BCUT2D eigenvalue weighted by Crippen LogP contribution is 2.33. The van der Waals surface area contributed by atoms with Crippen molar-refractivity contribution in [3.63, 3.8) is 0 Å². The van der Waals surface area contributed by atoms with Gasteiger partial charge < -0.3 is 15.1 Å². The molecule has 1 N–H and O–H groups in total. The molecule has 2 aliphatic heterocycles. The Bertz CT molecular complexity index is 1040. The Balaban J connectivity index is 1.68. The van der Waals surface area contributed by atoms with Gasteiger partial charge in [-0.1, -0.05) is 37.1 Å². The second-order valence-corrected chi connectivity index (χ2v) is 9.12. The third kappa shape index (κ3) is 4.24. The van der Waals surface area contributed by atoms with Crippen LogP contribution in [-0.4, -0.2) is 46.6 Å². The van der Waals surface area contributed by atoms with Gasteiger partial charge in [0.15, 0.2) is 0 Å². The number of carbonyl (C=O) groups excluding carboxylic acids is 3. The summed E-state index contributed by atoms with van der Waals surface area (Å²) in [5.74, 6) is -0.375. The molecule has 0 saturated heterocycles. The zero-order valence-corrected chi connectivity index (χ0v) is 18.9. The predicted molar refractivity (Wildman–Crippen MR) is 124 cm³/mol. The highest BCUT2D eigenvalue weighted by atomic mass is 16.2. The lowest BCUT2D eigenvalue weighted by molar-refractivity contribution is -0.133. The van der Waals surface area contributed by atoms with E-state index in [1.165, 1.54) is 4.90 Å². The van der Waals surface area contributed by atoms with E-state index in [-0.39, 0.29) is 36.7 Å². The van der Waals surface area contributed by atoms with Crippen LogP contribution in [0.25, 0.3) is 0 Å². The summed E-state index contributed by atoms with van der Waals surface area (Å²) < 4.78 is 0. The van der Waals surface area contributed by atoms with E-state index in [1.54, 1.807) is 17.9 Å². The van der Waals surface area contributed by atoms with Crippen molar-refractivity contribution in [2.75, 3.05) is 11.4 Å². The molecule has 0 spiro atoms. The number of carbonyl (C=O) groups is 3. The molecule has 168 valence electrons. The van der Waals surface area contributed by atoms with E-state index in [4.69, 9.17) is 0 Å². The summed E-state index contributed by atoms with van der Waals surface area (Å²) in [7, 11) is 0. The average molecular weight is 435 g/mol. The van der Waals surface area contributed by atoms with Crippen molar-refractivity contribution < 1.29 is 14.4 Å². The molecule has 3 amide bonds. The number of hydrogen-bond donors (Lipinski definition) is 1. The summed E-state index contributed by atoms with van der Waals surface area (Å²) in [6, 6.07) is 7.68. The fraction of sp³-hybridized carbons (Fsp3) is 0.440. The molecule has 7 nitrogen and oxygen atoms in total. The minimum Gasteiger partial charge on any atom is -0.352 e. The van der Waals surface area contributed by atoms with Gasteiger partial charge in [-0.2, -0.15) is 4.99 Å². The molecular formula is C25H30N4O3. The molecule has 1 aliphatic carbocycles. The zero-order valence-electron chi connectivity index (χ0n) is 18.9. The van der Waals surface area contributed by atoms with Gasteiger partial charge in [0, 0.05) is 17.9 Å². The highest BCUT2D eigenvalue weighted by Gasteiger charge is 2.48. The summed E-state index contributed by atoms with van der Waals surface area (Å²) in [5.41, 5.74) is 1.33. The number of para-hydroxylation sites is 1. The number of hydrogen-bond acceptors (Lipinski definition) is 4. The van der Waals surface area contributed by atoms with Crippen LogP contribution in [-0.2, 0) is 14.4 Å². The number of nitrogens with zero attached hydrogens (tertiary/aromatic N) is 3. The van der Waals surface area contributed by atoms with Crippen LogP contribution in [0, 0.1) is 6.92 Å². The highest BCUT2D eigenvalue weighted by molar-refractivity contribution is 6.13. The van der Waals surface area contributed by atoms with Crippen LogP contribution in [0.2, 0.25) is 0 Å². The first-order chi connectivity index (χ1) is 15.3. The van der Waals surface area contributed by atoms with E-state index in [0.717, 1.165) is 36.8 Å². The molecule has 0 bridgehead atoms. The van der Waals surface area contributed by atoms with Crippen molar-refractivity contribution in [2.24, 2.45) is 4.99 Å². The molecule has 7 heteroatoms. The fourth-order valence-electron chi connectivity index (χ4n) is 4.72. The third-order valence-corrected chi connectivity index (χ3v) is 6.48. The zero-order chi connectivity index (χ0) is 22.9. The summed E-state index contributed by atoms with van der Waals surface area (Å²) >= 11 is 0. The SMILES string of the molecule is CC1=CN2C(=NC(=O)C[C@@]2(C)C(=O)N(CC(=O)NC2CCCC2)c2ccccc2C)C=C1. The molecule has 1 atom stereocenters. The number of nitrogens with one attached hydrogen (secondary N) is 1. The largest absolute Gasteiger partial charge is 0.352 e. The Morgan fingerprint density at radius 3 is 2.62 bits per heavy atom. The number of anilines is 1. The van der Waals surface area contributed by atoms with Gasteiger partial charge in [0.1, 0.15) is 17.9 Å². The van der Waals surface area contributed by atoms with Crippen LogP contribution in [0.5, 0.6) is 0 Å². The van der Waals surface area contributed by atoms with Gasteiger partial charge in [-0.3, -0.25) is 14.4 Å². The van der Waals surface area contributed by atoms with E-state index >= 15 is 0 Å². The summed E-state index contributed by atoms with van der Waals surface area (Å²) in [6.07, 6.45) is 9.58. The molecule has 4 rings (SSSR count). The van der Waals surface area contributed by atoms with Gasteiger partial charge in [0.25, 0.3) is 11.8 Å². The number of benzene rings is 1. The summed E-state index contributed by atoms with van der Waals surface area (Å²) in [4.78, 5) is 46.9. The second-order valence-electron chi connectivity index (χ2n) is 9.12. The summed E-state index contributed by atoms with van der Waals surface area (Å²) in [6.45, 7) is 5.51. The van der Waals surface area contributed by atoms with Crippen molar-refractivity contribution in [3.05, 3.63) is 53.8 Å². The number of rotatable bonds is 5. The van der Waals surface area contributed by atoms with Crippen LogP contribution < -0.4 is 10.2 Å². The number of fused-ring (bicyclic) bond motifs is 1. The van der Waals surface area contributed by atoms with Crippen molar-refractivity contribution >= 4 is 29.2 Å². The Hall–Kier alpha value is -3.22. The minimum atomic E-state index is -1.18. The molecular weight excluding hydrogens is 404 g/mol. The van der Waals surface area contributed by atoms with Gasteiger partial charge in [0.05, 0.1) is 6.42 Å². The number of aliphatic imine (C=N–C) groups is 1. The monoisotopic (exact) mass is 434 g/mol. The molecule has 1 fully saturated rings. The quantitative estimate of drug-likeness (QED) is 0.771. The topological polar surface area (TPSA) is 82.1 Å². The second kappa shape index (κ2) is 8.73. The van der Waals surface area contributed by atoms with Gasteiger partial charge >= 0.3 is 0 Å². The third-order valence-electron chi connectivity index (χ3n) is 6.48. The van der Waals surface area contributed by atoms with Gasteiger partial charge in [0.2, 0.25) is 5.91 Å². The molecule has 1 aromatic rings. The lowest BCUT2D eigenvalue weighted by Crippen LogP contribution is -2.62. The first-order valence-electron chi connectivity index (χ1n) is 11.2. The number of amidine groups is 1. The van der Waals surface area contributed by atoms with Crippen LogP contribution in [0.15, 0.2) is 53.2 Å². The maximum absolute atomic E-state index is 14.1. The van der Waals surface area contributed by atoms with Crippen molar-refractivity contribution in [1.82, 2.24) is 10.2 Å². The molecule has 0 unspecified atom stereocenters. The number of amides is 3. The Kier molecular flexibility index (Phi) is 6.00. The fourth-order valence-corrected chi connectivity index (χ4v) is 4.72. The predicted octanol–water partition coefficient (Wildman–Crippen LogP) is 3.25. The van der Waals surface area contributed by atoms with Crippen molar-refractivity contribution in [1.29, 1.82) is 0 Å². The van der Waals surface area contributed by atoms with Crippen LogP contribution in [0.3, 0.4) is 0 Å². The van der Waals surface area contributed by atoms with E-state index in [0.29, 0.717) is 11.5 Å². The minimum absolute atomic E-state index is 0.0560. The molecule has 1 saturated carbocycles. The lowest BCUT2D eigenvalue weighted by atomic mass is 9.89. The van der Waals surface area contributed by atoms with Crippen molar-refractivity contribution in [3.8, 4) is 0 Å². The van der Waals surface area contributed by atoms with E-state index in [2.05, 4.69) is 10.3 Å². The lowest BCUT2D eigenvalue weighted by Gasteiger charge is -2.44. The average Bonchev–Trinajstić information content (AvgIpc) is 3.25. The first kappa shape index (κ1) is 22.0. The van der Waals surface area contributed by atoms with E-state index in [9.17, 15) is 14.4 Å². The molecule has 32 heavy (non-hydrogen) atoms. The molecule has 2 heterocycles. The Labute approximate surface area is 188 Å². The number of allylic oxidation sites excluding steroid dienone is 2. The standard InChI is InChI=1S/C25H30N4O3/c1-17-12-13-21-27-22(30)14-25(3,29(21)15-17)24(32)28(20-11-7-4-8-18(20)2)16-23(31)26-19-9-5-6-10-19/h4,7-8,11-13,15,19H,5-6,9-10,14,16H2,1-3H3,(H,26,31)/t25-/m0/s1. The molecule has 1 aromatic carbocycles. The summed E-state index contributed by atoms with van der Waals surface area (Å²) in [5, 5.41) is 3.08. The van der Waals surface area contributed by atoms with Crippen LogP contribution in [0.4, 0.5) is 5.69 Å². The molecule has 3 aliphatic rings. The Morgan fingerprint density at radius 1 is 1.19 bits per heavy atom. The normalized spacial score (nSPS) is 22.8. The maximum atomic E-state index is 14.1. The van der Waals surface area contributed by atoms with Gasteiger partial charge in [-0.25, -0.2) is 0 Å². The van der Waals surface area contributed by atoms with Crippen LogP contribution >= 0.6 is 0 Å². The van der Waals surface area contributed by atoms with E-state index in [1.807, 2.05) is 50.4 Å². The first-order valence-corrected chi connectivity index (χ1v) is 11.2. The smallest absolute Gasteiger partial charge is 0.254 e. The van der Waals surface area contributed by atoms with Gasteiger partial charge in [-0.05, 0) is 56.9 Å². The van der Waals surface area contributed by atoms with E-state index < -0.39 is 5.54 Å².